The van der Waals surface area contributed by atoms with E-state index >= 15 is 0 Å². The highest BCUT2D eigenvalue weighted by molar-refractivity contribution is 6.36. The van der Waals surface area contributed by atoms with Crippen molar-refractivity contribution in [3.63, 3.8) is 0 Å². The first-order valence-corrected chi connectivity index (χ1v) is 10.1. The summed E-state index contributed by atoms with van der Waals surface area (Å²) in [4.78, 5) is 4.23. The monoisotopic (exact) mass is 447 g/mol. The Morgan fingerprint density at radius 2 is 1.97 bits per heavy atom. The van der Waals surface area contributed by atoms with E-state index in [9.17, 15) is 9.50 Å². The molecular formula is C22H20Cl2FN3O2. The van der Waals surface area contributed by atoms with Crippen molar-refractivity contribution in [1.29, 1.82) is 0 Å². The summed E-state index contributed by atoms with van der Waals surface area (Å²) in [7, 11) is 0. The number of benzene rings is 2. The molecule has 5 N–H and O–H groups in total. The van der Waals surface area contributed by atoms with Crippen LogP contribution in [0.15, 0.2) is 42.6 Å². The van der Waals surface area contributed by atoms with Gasteiger partial charge < -0.3 is 21.3 Å². The van der Waals surface area contributed by atoms with Gasteiger partial charge in [0.25, 0.3) is 0 Å². The van der Waals surface area contributed by atoms with Gasteiger partial charge in [0.1, 0.15) is 11.9 Å². The van der Waals surface area contributed by atoms with E-state index in [0.717, 1.165) is 22.3 Å². The number of hydrogen-bond acceptors (Lipinski definition) is 5. The van der Waals surface area contributed by atoms with Gasteiger partial charge in [0.15, 0.2) is 11.6 Å². The molecule has 0 saturated heterocycles. The van der Waals surface area contributed by atoms with Crippen molar-refractivity contribution < 1.29 is 14.2 Å². The van der Waals surface area contributed by atoms with Crippen LogP contribution in [0.5, 0.6) is 5.75 Å². The lowest BCUT2D eigenvalue weighted by molar-refractivity contribution is 0.159. The van der Waals surface area contributed by atoms with E-state index in [1.807, 2.05) is 18.2 Å². The van der Waals surface area contributed by atoms with Crippen LogP contribution in [-0.4, -0.2) is 16.1 Å². The highest BCUT2D eigenvalue weighted by Crippen LogP contribution is 2.38. The largest absolute Gasteiger partial charge is 0.482 e. The van der Waals surface area contributed by atoms with Gasteiger partial charge in [-0.05, 0) is 48.2 Å². The molecule has 3 atom stereocenters. The fourth-order valence-corrected chi connectivity index (χ4v) is 4.40. The molecule has 0 spiro atoms. The third-order valence-corrected chi connectivity index (χ3v) is 6.04. The van der Waals surface area contributed by atoms with Crippen molar-refractivity contribution in [2.75, 3.05) is 5.73 Å². The number of aromatic nitrogens is 1. The molecule has 2 unspecified atom stereocenters. The summed E-state index contributed by atoms with van der Waals surface area (Å²) in [6.45, 7) is 1.71. The number of pyridine rings is 1. The number of fused-ring (bicyclic) bond motifs is 1. The molecule has 1 aliphatic carbocycles. The zero-order chi connectivity index (χ0) is 21.6. The van der Waals surface area contributed by atoms with E-state index in [1.165, 1.54) is 12.1 Å². The summed E-state index contributed by atoms with van der Waals surface area (Å²) >= 11 is 12.3. The standard InChI is InChI=1S/C22H20Cl2FN3O2/c1-10(19-15(23)4-5-16(25)20(19)24)30-18-8-13(9-28-22(18)27)11-2-3-14-12(6-11)7-17(26)21(14)29/h2-6,8-10,17,21,29H,7,26H2,1H3,(H2,27,28)/t10-,17?,21?/m1/s1. The van der Waals surface area contributed by atoms with E-state index in [1.54, 1.807) is 19.2 Å². The molecule has 1 aromatic heterocycles. The minimum atomic E-state index is -0.659. The molecule has 3 aromatic rings. The molecule has 0 saturated carbocycles. The summed E-state index contributed by atoms with van der Waals surface area (Å²) in [5.74, 6) is -0.0635. The second kappa shape index (κ2) is 8.04. The Kier molecular flexibility index (Phi) is 5.59. The number of anilines is 1. The third-order valence-electron chi connectivity index (χ3n) is 5.33. The molecule has 0 amide bonds. The van der Waals surface area contributed by atoms with Crippen molar-refractivity contribution in [2.45, 2.75) is 31.6 Å². The maximum absolute atomic E-state index is 13.9. The van der Waals surface area contributed by atoms with Crippen LogP contribution in [0.4, 0.5) is 10.2 Å². The summed E-state index contributed by atoms with van der Waals surface area (Å²) in [5, 5.41) is 10.3. The van der Waals surface area contributed by atoms with E-state index in [2.05, 4.69) is 4.98 Å². The zero-order valence-corrected chi connectivity index (χ0v) is 17.6. The smallest absolute Gasteiger partial charge is 0.166 e. The minimum Gasteiger partial charge on any atom is -0.482 e. The van der Waals surface area contributed by atoms with Gasteiger partial charge in [0.2, 0.25) is 0 Å². The normalized spacial score (nSPS) is 18.9. The average molecular weight is 448 g/mol. The number of aliphatic hydroxyl groups excluding tert-OH is 1. The number of nitrogen functional groups attached to an aromatic ring is 1. The molecule has 30 heavy (non-hydrogen) atoms. The van der Waals surface area contributed by atoms with Crippen LogP contribution < -0.4 is 16.2 Å². The Morgan fingerprint density at radius 1 is 1.20 bits per heavy atom. The lowest BCUT2D eigenvalue weighted by Gasteiger charge is -2.19. The lowest BCUT2D eigenvalue weighted by Crippen LogP contribution is -2.24. The molecule has 5 nitrogen and oxygen atoms in total. The average Bonchev–Trinajstić information content (AvgIpc) is 3.00. The first-order valence-electron chi connectivity index (χ1n) is 9.38. The van der Waals surface area contributed by atoms with Crippen molar-refractivity contribution in [1.82, 2.24) is 4.98 Å². The Morgan fingerprint density at radius 3 is 2.73 bits per heavy atom. The molecule has 4 rings (SSSR count). The van der Waals surface area contributed by atoms with Crippen LogP contribution >= 0.6 is 23.2 Å². The van der Waals surface area contributed by atoms with Crippen LogP contribution in [0.2, 0.25) is 10.0 Å². The van der Waals surface area contributed by atoms with Crippen LogP contribution in [0.1, 0.15) is 35.8 Å². The van der Waals surface area contributed by atoms with Crippen LogP contribution in [-0.2, 0) is 6.42 Å². The lowest BCUT2D eigenvalue weighted by atomic mass is 10.0. The number of nitrogens with two attached hydrogens (primary N) is 2. The van der Waals surface area contributed by atoms with E-state index in [0.29, 0.717) is 22.8 Å². The molecule has 1 aliphatic rings. The Balaban J connectivity index is 1.65. The Hall–Kier alpha value is -2.38. The van der Waals surface area contributed by atoms with Gasteiger partial charge in [0, 0.05) is 28.4 Å². The molecule has 8 heteroatoms. The number of ether oxygens (including phenoxy) is 1. The zero-order valence-electron chi connectivity index (χ0n) is 16.1. The number of hydrogen-bond donors (Lipinski definition) is 3. The Bertz CT molecular complexity index is 1130. The van der Waals surface area contributed by atoms with Crippen molar-refractivity contribution in [3.05, 3.63) is 75.1 Å². The van der Waals surface area contributed by atoms with Crippen LogP contribution in [0.25, 0.3) is 11.1 Å². The first kappa shape index (κ1) is 20.9. The second-order valence-corrected chi connectivity index (χ2v) is 8.14. The van der Waals surface area contributed by atoms with Gasteiger partial charge >= 0.3 is 0 Å². The van der Waals surface area contributed by atoms with Crippen molar-refractivity contribution in [3.8, 4) is 16.9 Å². The number of rotatable bonds is 4. The minimum absolute atomic E-state index is 0.0915. The summed E-state index contributed by atoms with van der Waals surface area (Å²) < 4.78 is 19.8. The molecule has 2 aromatic carbocycles. The summed E-state index contributed by atoms with van der Waals surface area (Å²) in [5.41, 5.74) is 15.8. The van der Waals surface area contributed by atoms with E-state index in [-0.39, 0.29) is 16.9 Å². The van der Waals surface area contributed by atoms with Gasteiger partial charge in [-0.3, -0.25) is 0 Å². The predicted octanol–water partition coefficient (Wildman–Crippen LogP) is 4.83. The summed E-state index contributed by atoms with van der Waals surface area (Å²) in [6, 6.07) is 9.82. The summed E-state index contributed by atoms with van der Waals surface area (Å²) in [6.07, 6.45) is 0.929. The number of halogens is 3. The molecule has 0 bridgehead atoms. The molecule has 0 fully saturated rings. The maximum Gasteiger partial charge on any atom is 0.166 e. The quantitative estimate of drug-likeness (QED) is 0.497. The van der Waals surface area contributed by atoms with Gasteiger partial charge in [-0.15, -0.1) is 0 Å². The van der Waals surface area contributed by atoms with Crippen molar-refractivity contribution >= 4 is 29.0 Å². The van der Waals surface area contributed by atoms with Crippen LogP contribution in [0.3, 0.4) is 0 Å². The molecule has 0 radical (unpaired) electrons. The molecule has 156 valence electrons. The molecular weight excluding hydrogens is 428 g/mol. The SMILES string of the molecule is C[C@@H](Oc1cc(-c2ccc3c(c2)CC(N)C3O)cnc1N)c1c(Cl)ccc(F)c1Cl. The van der Waals surface area contributed by atoms with Gasteiger partial charge in [-0.2, -0.15) is 0 Å². The van der Waals surface area contributed by atoms with Gasteiger partial charge in [-0.25, -0.2) is 9.37 Å². The van der Waals surface area contributed by atoms with Gasteiger partial charge in [-0.1, -0.05) is 41.4 Å². The highest BCUT2D eigenvalue weighted by Gasteiger charge is 2.28. The predicted molar refractivity (Wildman–Crippen MR) is 116 cm³/mol. The number of aliphatic hydroxyl groups is 1. The fourth-order valence-electron chi connectivity index (χ4n) is 3.72. The highest BCUT2D eigenvalue weighted by atomic mass is 35.5. The Labute approximate surface area is 183 Å². The fraction of sp³-hybridized carbons (Fsp3) is 0.227. The second-order valence-electron chi connectivity index (χ2n) is 7.35. The number of nitrogens with zero attached hydrogens (tertiary/aromatic N) is 1. The topological polar surface area (TPSA) is 94.4 Å². The third kappa shape index (κ3) is 3.72. The molecule has 0 aliphatic heterocycles. The maximum atomic E-state index is 13.9. The van der Waals surface area contributed by atoms with E-state index < -0.39 is 18.0 Å². The first-order chi connectivity index (χ1) is 14.3. The van der Waals surface area contributed by atoms with Crippen molar-refractivity contribution in [2.24, 2.45) is 5.73 Å². The molecule has 1 heterocycles. The van der Waals surface area contributed by atoms with Gasteiger partial charge in [0.05, 0.1) is 11.1 Å². The van der Waals surface area contributed by atoms with E-state index in [4.69, 9.17) is 39.4 Å². The van der Waals surface area contributed by atoms with Crippen LogP contribution in [0, 0.1) is 5.82 Å².